The zero-order valence-corrected chi connectivity index (χ0v) is 14.4. The summed E-state index contributed by atoms with van der Waals surface area (Å²) < 4.78 is 5.58. The fraction of sp³-hybridized carbons (Fsp3) is 0.750. The predicted octanol–water partition coefficient (Wildman–Crippen LogP) is 2.91. The first-order valence-electron chi connectivity index (χ1n) is 7.95. The molecule has 0 bridgehead atoms. The van der Waals surface area contributed by atoms with Gasteiger partial charge in [-0.1, -0.05) is 13.8 Å². The van der Waals surface area contributed by atoms with E-state index in [1.165, 1.54) is 11.3 Å². The molecule has 0 saturated carbocycles. The summed E-state index contributed by atoms with van der Waals surface area (Å²) in [5, 5.41) is 15.7. The molecule has 0 aromatic carbocycles. The Hall–Kier alpha value is -0.980. The minimum Gasteiger partial charge on any atom is -0.388 e. The number of ether oxygens (including phenoxy) is 1. The topological polar surface area (TPSA) is 71.5 Å². The minimum absolute atomic E-state index is 0.0423. The highest BCUT2D eigenvalue weighted by molar-refractivity contribution is 7.09. The van der Waals surface area contributed by atoms with Gasteiger partial charge in [0.15, 0.2) is 0 Å². The second-order valence-electron chi connectivity index (χ2n) is 6.68. The lowest BCUT2D eigenvalue weighted by atomic mass is 9.95. The summed E-state index contributed by atoms with van der Waals surface area (Å²) in [6.45, 7) is 7.01. The fourth-order valence-corrected chi connectivity index (χ4v) is 3.24. The van der Waals surface area contributed by atoms with Crippen LogP contribution in [0.15, 0.2) is 5.38 Å². The molecule has 1 saturated heterocycles. The largest absolute Gasteiger partial charge is 0.388 e. The Morgan fingerprint density at radius 2 is 2.41 bits per heavy atom. The molecule has 1 aromatic rings. The van der Waals surface area contributed by atoms with Gasteiger partial charge in [-0.2, -0.15) is 0 Å². The van der Waals surface area contributed by atoms with Crippen LogP contribution in [0.1, 0.15) is 68.1 Å². The number of nitrogens with zero attached hydrogens (tertiary/aromatic N) is 1. The van der Waals surface area contributed by atoms with Gasteiger partial charge < -0.3 is 15.2 Å². The summed E-state index contributed by atoms with van der Waals surface area (Å²) in [6, 6.07) is 0. The molecule has 5 nitrogen and oxygen atoms in total. The second kappa shape index (κ2) is 7.53. The van der Waals surface area contributed by atoms with Crippen LogP contribution in [-0.2, 0) is 4.74 Å². The van der Waals surface area contributed by atoms with Crippen molar-refractivity contribution in [2.75, 3.05) is 13.2 Å². The molecule has 1 aromatic heterocycles. The number of aliphatic hydroxyl groups is 1. The van der Waals surface area contributed by atoms with Crippen LogP contribution in [0.25, 0.3) is 0 Å². The summed E-state index contributed by atoms with van der Waals surface area (Å²) in [4.78, 5) is 16.5. The van der Waals surface area contributed by atoms with Crippen LogP contribution in [0.2, 0.25) is 0 Å². The Labute approximate surface area is 136 Å². The zero-order chi connectivity index (χ0) is 16.2. The molecule has 1 fully saturated rings. The molecular weight excluding hydrogens is 300 g/mol. The maximum absolute atomic E-state index is 12.1. The van der Waals surface area contributed by atoms with E-state index in [1.54, 1.807) is 12.3 Å². The maximum Gasteiger partial charge on any atom is 0.270 e. The van der Waals surface area contributed by atoms with E-state index in [2.05, 4.69) is 24.1 Å². The average Bonchev–Trinajstić information content (AvgIpc) is 3.12. The van der Waals surface area contributed by atoms with Gasteiger partial charge in [-0.05, 0) is 38.5 Å². The van der Waals surface area contributed by atoms with Gasteiger partial charge in [0.2, 0.25) is 0 Å². The molecule has 124 valence electrons. The number of aromatic nitrogens is 1. The monoisotopic (exact) mass is 326 g/mol. The highest BCUT2D eigenvalue weighted by Crippen LogP contribution is 2.30. The van der Waals surface area contributed by atoms with Crippen molar-refractivity contribution in [1.82, 2.24) is 10.3 Å². The summed E-state index contributed by atoms with van der Waals surface area (Å²) in [5.41, 5.74) is -0.469. The van der Waals surface area contributed by atoms with E-state index < -0.39 is 5.60 Å². The number of thiazole rings is 1. The number of rotatable bonds is 7. The van der Waals surface area contributed by atoms with E-state index >= 15 is 0 Å². The smallest absolute Gasteiger partial charge is 0.270 e. The number of carbonyl (C=O) groups is 1. The van der Waals surface area contributed by atoms with Crippen LogP contribution in [0.4, 0.5) is 0 Å². The Bertz CT molecular complexity index is 493. The van der Waals surface area contributed by atoms with Crippen molar-refractivity contribution in [1.29, 1.82) is 0 Å². The lowest BCUT2D eigenvalue weighted by Crippen LogP contribution is -2.40. The number of amides is 1. The lowest BCUT2D eigenvalue weighted by molar-refractivity contribution is 0.0428. The van der Waals surface area contributed by atoms with Crippen molar-refractivity contribution in [3.63, 3.8) is 0 Å². The van der Waals surface area contributed by atoms with Crippen LogP contribution < -0.4 is 5.32 Å². The van der Waals surface area contributed by atoms with Gasteiger partial charge in [-0.25, -0.2) is 4.98 Å². The van der Waals surface area contributed by atoms with Crippen molar-refractivity contribution >= 4 is 17.2 Å². The molecule has 1 aliphatic heterocycles. The molecule has 6 heteroatoms. The molecule has 22 heavy (non-hydrogen) atoms. The molecule has 2 N–H and O–H groups in total. The normalized spacial score (nSPS) is 21.0. The first-order chi connectivity index (χ1) is 10.4. The molecule has 0 radical (unpaired) electrons. The first-order valence-corrected chi connectivity index (χ1v) is 8.83. The number of hydrogen-bond acceptors (Lipinski definition) is 5. The third-order valence-corrected chi connectivity index (χ3v) is 4.79. The Kier molecular flexibility index (Phi) is 5.94. The predicted molar refractivity (Wildman–Crippen MR) is 87.1 cm³/mol. The Morgan fingerprint density at radius 3 is 3.05 bits per heavy atom. The van der Waals surface area contributed by atoms with Gasteiger partial charge in [0.05, 0.1) is 5.60 Å². The molecular formula is C16H26N2O3S. The Morgan fingerprint density at radius 1 is 1.64 bits per heavy atom. The third-order valence-electron chi connectivity index (χ3n) is 3.85. The first kappa shape index (κ1) is 17.4. The quantitative estimate of drug-likeness (QED) is 0.808. The van der Waals surface area contributed by atoms with E-state index in [0.29, 0.717) is 18.0 Å². The molecule has 2 rings (SSSR count). The van der Waals surface area contributed by atoms with Crippen LogP contribution in [0.5, 0.6) is 0 Å². The molecule has 2 atom stereocenters. The van der Waals surface area contributed by atoms with E-state index in [-0.39, 0.29) is 18.6 Å². The molecule has 0 aliphatic carbocycles. The van der Waals surface area contributed by atoms with Crippen molar-refractivity contribution < 1.29 is 14.6 Å². The SMILES string of the molecule is CC(C)CCC(C)(O)CNC(=O)c1csc(C2CCCO2)n1. The van der Waals surface area contributed by atoms with Gasteiger partial charge >= 0.3 is 0 Å². The van der Waals surface area contributed by atoms with Crippen molar-refractivity contribution in [3.8, 4) is 0 Å². The summed E-state index contributed by atoms with van der Waals surface area (Å²) in [6.07, 6.45) is 3.66. The summed E-state index contributed by atoms with van der Waals surface area (Å²) in [7, 11) is 0. The van der Waals surface area contributed by atoms with Gasteiger partial charge in [-0.15, -0.1) is 11.3 Å². The zero-order valence-electron chi connectivity index (χ0n) is 13.6. The third kappa shape index (κ3) is 5.04. The number of hydrogen-bond donors (Lipinski definition) is 2. The van der Waals surface area contributed by atoms with Crippen LogP contribution >= 0.6 is 11.3 Å². The van der Waals surface area contributed by atoms with Crippen LogP contribution in [0.3, 0.4) is 0 Å². The van der Waals surface area contributed by atoms with Crippen molar-refractivity contribution in [3.05, 3.63) is 16.1 Å². The summed E-state index contributed by atoms with van der Waals surface area (Å²) >= 11 is 1.46. The van der Waals surface area contributed by atoms with Crippen molar-refractivity contribution in [2.45, 2.75) is 58.2 Å². The molecule has 2 unspecified atom stereocenters. The standard InChI is InChI=1S/C16H26N2O3S/c1-11(2)6-7-16(3,20)10-17-14(19)12-9-22-15(18-12)13-5-4-8-21-13/h9,11,13,20H,4-8,10H2,1-3H3,(H,17,19). The minimum atomic E-state index is -0.882. The molecule has 1 aliphatic rings. The molecule has 2 heterocycles. The van der Waals surface area contributed by atoms with Crippen LogP contribution in [0, 0.1) is 5.92 Å². The van der Waals surface area contributed by atoms with E-state index in [0.717, 1.165) is 30.9 Å². The fourth-order valence-electron chi connectivity index (χ4n) is 2.36. The van der Waals surface area contributed by atoms with Crippen molar-refractivity contribution in [2.24, 2.45) is 5.92 Å². The second-order valence-corrected chi connectivity index (χ2v) is 7.57. The van der Waals surface area contributed by atoms with E-state index in [1.807, 2.05) is 0 Å². The van der Waals surface area contributed by atoms with Gasteiger partial charge in [0, 0.05) is 18.5 Å². The number of nitrogens with one attached hydrogen (secondary N) is 1. The maximum atomic E-state index is 12.1. The highest BCUT2D eigenvalue weighted by Gasteiger charge is 2.24. The summed E-state index contributed by atoms with van der Waals surface area (Å²) in [5.74, 6) is 0.306. The van der Waals surface area contributed by atoms with Crippen LogP contribution in [-0.4, -0.2) is 34.8 Å². The highest BCUT2D eigenvalue weighted by atomic mass is 32.1. The number of carbonyl (C=O) groups excluding carboxylic acids is 1. The van der Waals surface area contributed by atoms with Gasteiger partial charge in [0.1, 0.15) is 16.8 Å². The van der Waals surface area contributed by atoms with E-state index in [9.17, 15) is 9.90 Å². The van der Waals surface area contributed by atoms with Gasteiger partial charge in [0.25, 0.3) is 5.91 Å². The average molecular weight is 326 g/mol. The molecule has 0 spiro atoms. The molecule has 1 amide bonds. The van der Waals surface area contributed by atoms with E-state index in [4.69, 9.17) is 4.74 Å². The lowest BCUT2D eigenvalue weighted by Gasteiger charge is -2.24. The Balaban J connectivity index is 1.84. The van der Waals surface area contributed by atoms with Gasteiger partial charge in [-0.3, -0.25) is 4.79 Å².